The predicted molar refractivity (Wildman–Crippen MR) is 141 cm³/mol. The van der Waals surface area contributed by atoms with Gasteiger partial charge in [0.05, 0.1) is 17.8 Å². The highest BCUT2D eigenvalue weighted by atomic mass is 32.1. The van der Waals surface area contributed by atoms with Gasteiger partial charge in [-0.2, -0.15) is 0 Å². The van der Waals surface area contributed by atoms with E-state index in [9.17, 15) is 4.79 Å². The fourth-order valence-electron chi connectivity index (χ4n) is 5.03. The van der Waals surface area contributed by atoms with Gasteiger partial charge in [-0.05, 0) is 82.2 Å². The van der Waals surface area contributed by atoms with Crippen LogP contribution < -0.4 is 10.6 Å². The van der Waals surface area contributed by atoms with Crippen molar-refractivity contribution < 1.29 is 4.79 Å². The SMILES string of the molecule is Cc1ccccc1NC(=O)CCN1C(=S)N[C@H](c2ccccn2)[C@@H]1c1cc(C)n(C(C)C)c1C. The molecule has 3 aromatic rings. The van der Waals surface area contributed by atoms with Crippen LogP contribution in [0.1, 0.15) is 66.6 Å². The highest BCUT2D eigenvalue weighted by Crippen LogP contribution is 2.41. The molecule has 4 rings (SSSR count). The van der Waals surface area contributed by atoms with E-state index < -0.39 is 0 Å². The molecule has 178 valence electrons. The Morgan fingerprint density at radius 3 is 2.53 bits per heavy atom. The summed E-state index contributed by atoms with van der Waals surface area (Å²) in [6.45, 7) is 11.2. The Kier molecular flexibility index (Phi) is 7.03. The van der Waals surface area contributed by atoms with Gasteiger partial charge in [0.15, 0.2) is 5.11 Å². The number of para-hydroxylation sites is 1. The Labute approximate surface area is 207 Å². The molecule has 6 nitrogen and oxygen atoms in total. The van der Waals surface area contributed by atoms with Gasteiger partial charge >= 0.3 is 0 Å². The fourth-order valence-corrected chi connectivity index (χ4v) is 5.36. The first-order valence-electron chi connectivity index (χ1n) is 11.8. The van der Waals surface area contributed by atoms with Crippen molar-refractivity contribution in [2.45, 2.75) is 59.2 Å². The largest absolute Gasteiger partial charge is 0.352 e. The maximum absolute atomic E-state index is 12.8. The summed E-state index contributed by atoms with van der Waals surface area (Å²) in [6.07, 6.45) is 2.15. The summed E-state index contributed by atoms with van der Waals surface area (Å²) in [5, 5.41) is 7.18. The Morgan fingerprint density at radius 2 is 1.88 bits per heavy atom. The van der Waals surface area contributed by atoms with E-state index in [1.165, 1.54) is 17.0 Å². The maximum atomic E-state index is 12.8. The minimum atomic E-state index is -0.0887. The van der Waals surface area contributed by atoms with Gasteiger partial charge in [0.1, 0.15) is 0 Å². The minimum Gasteiger partial charge on any atom is -0.352 e. The summed E-state index contributed by atoms with van der Waals surface area (Å²) in [7, 11) is 0. The van der Waals surface area contributed by atoms with Crippen molar-refractivity contribution in [3.05, 3.63) is 82.9 Å². The van der Waals surface area contributed by atoms with Gasteiger partial charge in [-0.1, -0.05) is 24.3 Å². The van der Waals surface area contributed by atoms with Crippen molar-refractivity contribution in [2.75, 3.05) is 11.9 Å². The number of hydrogen-bond donors (Lipinski definition) is 2. The van der Waals surface area contributed by atoms with E-state index in [2.05, 4.69) is 58.8 Å². The molecule has 2 N–H and O–H groups in total. The van der Waals surface area contributed by atoms with Crippen LogP contribution in [0.25, 0.3) is 0 Å². The minimum absolute atomic E-state index is 0.0233. The van der Waals surface area contributed by atoms with Crippen molar-refractivity contribution in [2.24, 2.45) is 0 Å². The quantitative estimate of drug-likeness (QED) is 0.449. The first-order chi connectivity index (χ1) is 16.3. The average molecular weight is 476 g/mol. The van der Waals surface area contributed by atoms with Crippen molar-refractivity contribution >= 4 is 28.9 Å². The first kappa shape index (κ1) is 24.0. The molecule has 0 bridgehead atoms. The van der Waals surface area contributed by atoms with Crippen LogP contribution in [-0.2, 0) is 4.79 Å². The molecule has 0 unspecified atom stereocenters. The van der Waals surface area contributed by atoms with Gasteiger partial charge in [0, 0.05) is 42.3 Å². The van der Waals surface area contributed by atoms with E-state index in [1.807, 2.05) is 55.6 Å². The van der Waals surface area contributed by atoms with E-state index in [0.717, 1.165) is 16.9 Å². The highest BCUT2D eigenvalue weighted by molar-refractivity contribution is 7.80. The molecule has 1 amide bonds. The predicted octanol–water partition coefficient (Wildman–Crippen LogP) is 5.39. The fraction of sp³-hybridized carbons (Fsp3) is 0.370. The Balaban J connectivity index is 1.62. The number of hydrogen-bond acceptors (Lipinski definition) is 3. The lowest BCUT2D eigenvalue weighted by molar-refractivity contribution is -0.116. The molecule has 0 spiro atoms. The summed E-state index contributed by atoms with van der Waals surface area (Å²) >= 11 is 5.78. The number of carbonyl (C=O) groups is 1. The number of nitrogens with one attached hydrogen (secondary N) is 2. The summed E-state index contributed by atoms with van der Waals surface area (Å²) in [5.74, 6) is -0.0233. The lowest BCUT2D eigenvalue weighted by Gasteiger charge is -2.28. The summed E-state index contributed by atoms with van der Waals surface area (Å²) in [5.41, 5.74) is 6.49. The zero-order valence-electron chi connectivity index (χ0n) is 20.5. The number of thiocarbonyl (C=S) groups is 1. The second kappa shape index (κ2) is 9.97. The Morgan fingerprint density at radius 1 is 1.15 bits per heavy atom. The second-order valence-corrected chi connectivity index (χ2v) is 9.61. The van der Waals surface area contributed by atoms with Crippen LogP contribution in [0, 0.1) is 20.8 Å². The maximum Gasteiger partial charge on any atom is 0.226 e. The number of aromatic nitrogens is 2. The number of amides is 1. The molecular weight excluding hydrogens is 442 g/mol. The number of carbonyl (C=O) groups excluding carboxylic acids is 1. The van der Waals surface area contributed by atoms with Crippen molar-refractivity contribution in [1.29, 1.82) is 0 Å². The molecule has 34 heavy (non-hydrogen) atoms. The molecule has 1 saturated heterocycles. The summed E-state index contributed by atoms with van der Waals surface area (Å²) in [4.78, 5) is 19.6. The van der Waals surface area contributed by atoms with Crippen LogP contribution in [0.15, 0.2) is 54.7 Å². The van der Waals surface area contributed by atoms with Crippen molar-refractivity contribution in [3.8, 4) is 0 Å². The number of aryl methyl sites for hydroxylation is 2. The van der Waals surface area contributed by atoms with Crippen LogP contribution in [-0.4, -0.2) is 32.0 Å². The van der Waals surface area contributed by atoms with E-state index in [-0.39, 0.29) is 18.0 Å². The van der Waals surface area contributed by atoms with E-state index in [0.29, 0.717) is 24.1 Å². The third kappa shape index (κ3) is 4.71. The zero-order chi connectivity index (χ0) is 24.4. The van der Waals surface area contributed by atoms with E-state index >= 15 is 0 Å². The smallest absolute Gasteiger partial charge is 0.226 e. The molecule has 1 fully saturated rings. The third-order valence-corrected chi connectivity index (χ3v) is 6.91. The molecule has 1 aromatic carbocycles. The van der Waals surface area contributed by atoms with Gasteiger partial charge in [-0.15, -0.1) is 0 Å². The van der Waals surface area contributed by atoms with Crippen LogP contribution in [0.4, 0.5) is 5.69 Å². The first-order valence-corrected chi connectivity index (χ1v) is 12.2. The molecule has 0 aliphatic carbocycles. The van der Waals surface area contributed by atoms with Gasteiger partial charge < -0.3 is 20.1 Å². The normalized spacial score (nSPS) is 17.8. The van der Waals surface area contributed by atoms with Crippen LogP contribution in [0.5, 0.6) is 0 Å². The van der Waals surface area contributed by atoms with Crippen LogP contribution in [0.2, 0.25) is 0 Å². The molecule has 2 aromatic heterocycles. The van der Waals surface area contributed by atoms with Crippen molar-refractivity contribution in [1.82, 2.24) is 19.8 Å². The molecule has 7 heteroatoms. The average Bonchev–Trinajstić information content (AvgIpc) is 3.29. The number of nitrogens with zero attached hydrogens (tertiary/aromatic N) is 3. The number of pyridine rings is 1. The molecule has 0 saturated carbocycles. The molecule has 1 aliphatic rings. The number of benzene rings is 1. The molecular formula is C27H33N5OS. The summed E-state index contributed by atoms with van der Waals surface area (Å²) < 4.78 is 2.36. The summed E-state index contributed by atoms with van der Waals surface area (Å²) in [6, 6.07) is 16.2. The van der Waals surface area contributed by atoms with Gasteiger partial charge in [-0.25, -0.2) is 0 Å². The molecule has 3 heterocycles. The Bertz CT molecular complexity index is 1190. The topological polar surface area (TPSA) is 62.2 Å². The van der Waals surface area contributed by atoms with E-state index in [1.54, 1.807) is 0 Å². The highest BCUT2D eigenvalue weighted by Gasteiger charge is 2.41. The second-order valence-electron chi connectivity index (χ2n) is 9.22. The van der Waals surface area contributed by atoms with Gasteiger partial charge in [0.25, 0.3) is 0 Å². The van der Waals surface area contributed by atoms with Gasteiger partial charge in [-0.3, -0.25) is 9.78 Å². The monoisotopic (exact) mass is 475 g/mol. The number of rotatable bonds is 7. The van der Waals surface area contributed by atoms with Crippen LogP contribution in [0.3, 0.4) is 0 Å². The molecule has 2 atom stereocenters. The lowest BCUT2D eigenvalue weighted by Crippen LogP contribution is -2.33. The lowest BCUT2D eigenvalue weighted by atomic mass is 9.96. The molecule has 0 radical (unpaired) electrons. The number of anilines is 1. The van der Waals surface area contributed by atoms with E-state index in [4.69, 9.17) is 12.2 Å². The Hall–Kier alpha value is -3.19. The van der Waals surface area contributed by atoms with Crippen molar-refractivity contribution in [3.63, 3.8) is 0 Å². The zero-order valence-corrected chi connectivity index (χ0v) is 21.3. The third-order valence-electron chi connectivity index (χ3n) is 6.56. The molecule has 1 aliphatic heterocycles. The van der Waals surface area contributed by atoms with Gasteiger partial charge in [0.2, 0.25) is 5.91 Å². The standard InChI is InChI=1S/C27H33N5OS/c1-17(2)32-19(4)16-21(20(32)5)26-25(23-12-8-9-14-28-23)30-27(34)31(26)15-13-24(33)29-22-11-7-6-10-18(22)3/h6-12,14,16-17,25-26H,13,15H2,1-5H3,(H,29,33)(H,30,34)/t25-,26+/m1/s1. The van der Waals surface area contributed by atoms with Crippen LogP contribution >= 0.6 is 12.2 Å².